The Kier molecular flexibility index (Phi) is 4.74. The lowest BCUT2D eigenvalue weighted by molar-refractivity contribution is 0.386. The summed E-state index contributed by atoms with van der Waals surface area (Å²) in [6.45, 7) is 0. The Balaban J connectivity index is 1.99. The minimum absolute atomic E-state index is 0.164. The van der Waals surface area contributed by atoms with Crippen LogP contribution in [0.3, 0.4) is 0 Å². The highest BCUT2D eigenvalue weighted by Gasteiger charge is 2.12. The van der Waals surface area contributed by atoms with Crippen LogP contribution in [0.5, 0.6) is 11.6 Å². The molecule has 2 heterocycles. The van der Waals surface area contributed by atoms with Crippen molar-refractivity contribution in [2.45, 2.75) is 6.42 Å². The Morgan fingerprint density at radius 2 is 1.68 bits per heavy atom. The molecule has 0 saturated heterocycles. The monoisotopic (exact) mass is 340 g/mol. The number of hydrogen-bond acceptors (Lipinski definition) is 6. The maximum absolute atomic E-state index is 13.7. The summed E-state index contributed by atoms with van der Waals surface area (Å²) >= 11 is 0. The Hall–Kier alpha value is -3.22. The lowest BCUT2D eigenvalue weighted by atomic mass is 10.0. The first-order chi connectivity index (χ1) is 12.1. The lowest BCUT2D eigenvalue weighted by Gasteiger charge is -2.11. The number of aromatic nitrogens is 3. The maximum atomic E-state index is 13.7. The molecule has 0 aliphatic heterocycles. The van der Waals surface area contributed by atoms with Crippen LogP contribution in [-0.4, -0.2) is 29.2 Å². The maximum Gasteiger partial charge on any atom is 0.221 e. The second-order valence-corrected chi connectivity index (χ2v) is 5.38. The summed E-state index contributed by atoms with van der Waals surface area (Å²) in [7, 11) is 2.97. The van der Waals surface area contributed by atoms with Gasteiger partial charge in [-0.25, -0.2) is 19.3 Å². The van der Waals surface area contributed by atoms with E-state index in [1.807, 2.05) is 6.07 Å². The zero-order valence-electron chi connectivity index (χ0n) is 13.9. The summed E-state index contributed by atoms with van der Waals surface area (Å²) in [6, 6.07) is 6.57. The predicted octanol–water partition coefficient (Wildman–Crippen LogP) is 2.87. The highest BCUT2D eigenvalue weighted by Crippen LogP contribution is 2.32. The van der Waals surface area contributed by atoms with Gasteiger partial charge in [-0.2, -0.15) is 0 Å². The molecule has 0 amide bonds. The van der Waals surface area contributed by atoms with E-state index in [1.165, 1.54) is 13.2 Å². The molecule has 0 atom stereocenters. The van der Waals surface area contributed by atoms with Crippen LogP contribution in [0.25, 0.3) is 11.1 Å². The number of benzene rings is 1. The molecule has 128 valence electrons. The molecule has 25 heavy (non-hydrogen) atoms. The largest absolute Gasteiger partial charge is 0.494 e. The van der Waals surface area contributed by atoms with E-state index in [0.717, 1.165) is 22.3 Å². The number of halogens is 1. The van der Waals surface area contributed by atoms with Crippen molar-refractivity contribution in [3.05, 3.63) is 59.8 Å². The predicted molar refractivity (Wildman–Crippen MR) is 92.0 cm³/mol. The molecule has 0 saturated carbocycles. The molecular formula is C18H17FN4O2. The first-order valence-electron chi connectivity index (χ1n) is 7.54. The standard InChI is InChI=1S/C18H17FN4O2/c1-24-16-7-13(3-4-15(16)19)14-6-11(8-21-17(14)25-2)5-12-9-22-18(20)23-10-12/h3-4,6-10H,5H2,1-2H3,(H2,20,22,23). The Labute approximate surface area is 144 Å². The fraction of sp³-hybridized carbons (Fsp3) is 0.167. The van der Waals surface area contributed by atoms with Crippen LogP contribution in [0.15, 0.2) is 42.9 Å². The number of pyridine rings is 1. The molecule has 0 unspecified atom stereocenters. The molecule has 0 aliphatic rings. The quantitative estimate of drug-likeness (QED) is 0.769. The number of anilines is 1. The van der Waals surface area contributed by atoms with Gasteiger partial charge in [0.15, 0.2) is 11.6 Å². The molecule has 6 nitrogen and oxygen atoms in total. The highest BCUT2D eigenvalue weighted by atomic mass is 19.1. The molecular weight excluding hydrogens is 323 g/mol. The summed E-state index contributed by atoms with van der Waals surface area (Å²) < 4.78 is 24.1. The van der Waals surface area contributed by atoms with Gasteiger partial charge in [0.2, 0.25) is 11.8 Å². The zero-order chi connectivity index (χ0) is 17.8. The molecule has 2 N–H and O–H groups in total. The molecule has 0 aliphatic carbocycles. The van der Waals surface area contributed by atoms with Crippen LogP contribution in [0.2, 0.25) is 0 Å². The van der Waals surface area contributed by atoms with Gasteiger partial charge < -0.3 is 15.2 Å². The van der Waals surface area contributed by atoms with Crippen molar-refractivity contribution in [2.24, 2.45) is 0 Å². The van der Waals surface area contributed by atoms with Crippen molar-refractivity contribution in [1.29, 1.82) is 0 Å². The molecule has 0 fully saturated rings. The van der Waals surface area contributed by atoms with E-state index in [9.17, 15) is 4.39 Å². The van der Waals surface area contributed by atoms with Gasteiger partial charge in [0.25, 0.3) is 0 Å². The van der Waals surface area contributed by atoms with Crippen molar-refractivity contribution >= 4 is 5.95 Å². The number of nitrogen functional groups attached to an aromatic ring is 1. The van der Waals surface area contributed by atoms with Crippen LogP contribution in [0.1, 0.15) is 11.1 Å². The second kappa shape index (κ2) is 7.12. The summed E-state index contributed by atoms with van der Waals surface area (Å²) in [4.78, 5) is 12.3. The second-order valence-electron chi connectivity index (χ2n) is 5.38. The van der Waals surface area contributed by atoms with E-state index in [-0.39, 0.29) is 11.7 Å². The van der Waals surface area contributed by atoms with Crippen LogP contribution in [-0.2, 0) is 6.42 Å². The normalized spacial score (nSPS) is 10.5. The minimum atomic E-state index is -0.423. The third-order valence-electron chi connectivity index (χ3n) is 3.70. The van der Waals surface area contributed by atoms with Gasteiger partial charge in [0.1, 0.15) is 0 Å². The van der Waals surface area contributed by atoms with E-state index in [2.05, 4.69) is 15.0 Å². The van der Waals surface area contributed by atoms with Gasteiger partial charge in [-0.15, -0.1) is 0 Å². The number of rotatable bonds is 5. The summed E-state index contributed by atoms with van der Waals surface area (Å²) in [5.41, 5.74) is 8.84. The van der Waals surface area contributed by atoms with Crippen molar-refractivity contribution in [1.82, 2.24) is 15.0 Å². The van der Waals surface area contributed by atoms with Gasteiger partial charge in [0, 0.05) is 30.6 Å². The first kappa shape index (κ1) is 16.6. The molecule has 3 aromatic rings. The molecule has 7 heteroatoms. The summed E-state index contributed by atoms with van der Waals surface area (Å²) in [5.74, 6) is 0.423. The molecule has 0 bridgehead atoms. The fourth-order valence-electron chi connectivity index (χ4n) is 2.48. The number of hydrogen-bond donors (Lipinski definition) is 1. The molecule has 3 rings (SSSR count). The van der Waals surface area contributed by atoms with Gasteiger partial charge in [-0.05, 0) is 34.9 Å². The van der Waals surface area contributed by atoms with E-state index in [4.69, 9.17) is 15.2 Å². The number of nitrogens with zero attached hydrogens (tertiary/aromatic N) is 3. The van der Waals surface area contributed by atoms with Crippen LogP contribution in [0, 0.1) is 5.82 Å². The zero-order valence-corrected chi connectivity index (χ0v) is 13.9. The van der Waals surface area contributed by atoms with Crippen LogP contribution < -0.4 is 15.2 Å². The number of methoxy groups -OCH3 is 2. The average Bonchev–Trinajstić information content (AvgIpc) is 2.64. The molecule has 0 spiro atoms. The average molecular weight is 340 g/mol. The Bertz CT molecular complexity index is 885. The smallest absolute Gasteiger partial charge is 0.221 e. The highest BCUT2D eigenvalue weighted by molar-refractivity contribution is 5.70. The van der Waals surface area contributed by atoms with Gasteiger partial charge in [0.05, 0.1) is 14.2 Å². The molecule has 0 radical (unpaired) electrons. The summed E-state index contributed by atoms with van der Waals surface area (Å²) in [5, 5.41) is 0. The molecule has 2 aromatic heterocycles. The Morgan fingerprint density at radius 1 is 0.960 bits per heavy atom. The molecule has 1 aromatic carbocycles. The van der Waals surface area contributed by atoms with Gasteiger partial charge in [-0.1, -0.05) is 6.07 Å². The van der Waals surface area contributed by atoms with Gasteiger partial charge in [-0.3, -0.25) is 0 Å². The van der Waals surface area contributed by atoms with E-state index in [0.29, 0.717) is 12.3 Å². The number of ether oxygens (including phenoxy) is 2. The van der Waals surface area contributed by atoms with Crippen molar-refractivity contribution < 1.29 is 13.9 Å². The van der Waals surface area contributed by atoms with Gasteiger partial charge >= 0.3 is 0 Å². The van der Waals surface area contributed by atoms with Crippen LogP contribution in [0.4, 0.5) is 10.3 Å². The number of nitrogens with two attached hydrogens (primary N) is 1. The SMILES string of the molecule is COc1cc(-c2cc(Cc3cnc(N)nc3)cnc2OC)ccc1F. The van der Waals surface area contributed by atoms with E-state index in [1.54, 1.807) is 37.8 Å². The lowest BCUT2D eigenvalue weighted by Crippen LogP contribution is -1.99. The fourth-order valence-corrected chi connectivity index (χ4v) is 2.48. The van der Waals surface area contributed by atoms with E-state index >= 15 is 0 Å². The third-order valence-corrected chi connectivity index (χ3v) is 3.70. The van der Waals surface area contributed by atoms with Crippen molar-refractivity contribution in [2.75, 3.05) is 20.0 Å². The van der Waals surface area contributed by atoms with Crippen molar-refractivity contribution in [3.63, 3.8) is 0 Å². The minimum Gasteiger partial charge on any atom is -0.494 e. The van der Waals surface area contributed by atoms with E-state index < -0.39 is 5.82 Å². The van der Waals surface area contributed by atoms with Crippen LogP contribution >= 0.6 is 0 Å². The topological polar surface area (TPSA) is 83.2 Å². The third kappa shape index (κ3) is 3.65. The van der Waals surface area contributed by atoms with Crippen molar-refractivity contribution in [3.8, 4) is 22.8 Å². The summed E-state index contributed by atoms with van der Waals surface area (Å²) in [6.07, 6.45) is 5.66. The first-order valence-corrected chi connectivity index (χ1v) is 7.54. The Morgan fingerprint density at radius 3 is 2.36 bits per heavy atom.